The third-order valence-electron chi connectivity index (χ3n) is 1.88. The highest BCUT2D eigenvalue weighted by atomic mass is 35.5. The van der Waals surface area contributed by atoms with Crippen molar-refractivity contribution in [3.8, 4) is 0 Å². The summed E-state index contributed by atoms with van der Waals surface area (Å²) in [5.74, 6) is 0. The second-order valence-electron chi connectivity index (χ2n) is 2.82. The van der Waals surface area contributed by atoms with Gasteiger partial charge in [0, 0.05) is 18.2 Å². The molecule has 0 heterocycles. The predicted octanol–water partition coefficient (Wildman–Crippen LogP) is 2.17. The molecule has 1 aromatic carbocycles. The number of benzene rings is 1. The standard InChI is InChI=1S/C9H10ClNO3/c10-8-4-1-5-9(11(13)14)7(8)3-2-6-12/h1,4-5,12H,2-3,6H2. The van der Waals surface area contributed by atoms with E-state index < -0.39 is 4.92 Å². The van der Waals surface area contributed by atoms with Crippen molar-refractivity contribution in [2.45, 2.75) is 12.8 Å². The second kappa shape index (κ2) is 4.93. The lowest BCUT2D eigenvalue weighted by Gasteiger charge is -2.03. The fourth-order valence-corrected chi connectivity index (χ4v) is 1.49. The van der Waals surface area contributed by atoms with Gasteiger partial charge in [-0.1, -0.05) is 17.7 Å². The van der Waals surface area contributed by atoms with Gasteiger partial charge in [-0.15, -0.1) is 0 Å². The van der Waals surface area contributed by atoms with Gasteiger partial charge in [0.05, 0.1) is 9.95 Å². The summed E-state index contributed by atoms with van der Waals surface area (Å²) in [6.45, 7) is 0.00236. The van der Waals surface area contributed by atoms with Crippen LogP contribution < -0.4 is 0 Å². The summed E-state index contributed by atoms with van der Waals surface area (Å²) in [7, 11) is 0. The van der Waals surface area contributed by atoms with Crippen molar-refractivity contribution < 1.29 is 10.0 Å². The van der Waals surface area contributed by atoms with Crippen LogP contribution in [0.2, 0.25) is 5.02 Å². The number of aliphatic hydroxyl groups is 1. The molecule has 0 amide bonds. The summed E-state index contributed by atoms with van der Waals surface area (Å²) in [4.78, 5) is 10.2. The summed E-state index contributed by atoms with van der Waals surface area (Å²) in [5, 5.41) is 19.6. The lowest BCUT2D eigenvalue weighted by Crippen LogP contribution is -1.97. The van der Waals surface area contributed by atoms with Crippen LogP contribution in [0.1, 0.15) is 12.0 Å². The van der Waals surface area contributed by atoms with E-state index in [1.165, 1.54) is 6.07 Å². The van der Waals surface area contributed by atoms with Crippen molar-refractivity contribution in [1.29, 1.82) is 0 Å². The first-order chi connectivity index (χ1) is 6.66. The summed E-state index contributed by atoms with van der Waals surface area (Å²) in [6, 6.07) is 4.57. The molecular weight excluding hydrogens is 206 g/mol. The highest BCUT2D eigenvalue weighted by molar-refractivity contribution is 6.31. The summed E-state index contributed by atoms with van der Waals surface area (Å²) < 4.78 is 0. The predicted molar refractivity (Wildman–Crippen MR) is 53.5 cm³/mol. The molecule has 1 N–H and O–H groups in total. The lowest BCUT2D eigenvalue weighted by atomic mass is 10.1. The number of nitro groups is 1. The second-order valence-corrected chi connectivity index (χ2v) is 3.23. The molecule has 76 valence electrons. The van der Waals surface area contributed by atoms with Crippen LogP contribution in [0, 0.1) is 10.1 Å². The van der Waals surface area contributed by atoms with Crippen LogP contribution in [0.3, 0.4) is 0 Å². The third-order valence-corrected chi connectivity index (χ3v) is 2.23. The SMILES string of the molecule is O=[N+]([O-])c1cccc(Cl)c1CCCO. The van der Waals surface area contributed by atoms with Crippen LogP contribution in [0.4, 0.5) is 5.69 Å². The molecule has 0 bridgehead atoms. The van der Waals surface area contributed by atoms with E-state index in [1.54, 1.807) is 12.1 Å². The molecule has 0 aliphatic carbocycles. The number of nitro benzene ring substituents is 1. The molecular formula is C9H10ClNO3. The summed E-state index contributed by atoms with van der Waals surface area (Å²) in [5.41, 5.74) is 0.513. The van der Waals surface area contributed by atoms with Gasteiger partial charge in [0.2, 0.25) is 0 Å². The molecule has 0 atom stereocenters. The zero-order valence-corrected chi connectivity index (χ0v) is 8.20. The number of nitrogens with zero attached hydrogens (tertiary/aromatic N) is 1. The van der Waals surface area contributed by atoms with E-state index in [0.717, 1.165) is 0 Å². The molecule has 0 aromatic heterocycles. The van der Waals surface area contributed by atoms with Crippen molar-refractivity contribution >= 4 is 17.3 Å². The smallest absolute Gasteiger partial charge is 0.274 e. The zero-order valence-electron chi connectivity index (χ0n) is 7.44. The molecule has 14 heavy (non-hydrogen) atoms. The van der Waals surface area contributed by atoms with Gasteiger partial charge >= 0.3 is 0 Å². The van der Waals surface area contributed by atoms with Gasteiger partial charge in [-0.3, -0.25) is 10.1 Å². The highest BCUT2D eigenvalue weighted by Crippen LogP contribution is 2.27. The molecule has 5 heteroatoms. The van der Waals surface area contributed by atoms with Gasteiger partial charge in [-0.25, -0.2) is 0 Å². The third kappa shape index (κ3) is 2.43. The van der Waals surface area contributed by atoms with Crippen molar-refractivity contribution in [3.63, 3.8) is 0 Å². The van der Waals surface area contributed by atoms with Crippen molar-refractivity contribution in [1.82, 2.24) is 0 Å². The molecule has 1 rings (SSSR count). The minimum Gasteiger partial charge on any atom is -0.396 e. The van der Waals surface area contributed by atoms with Gasteiger partial charge in [-0.2, -0.15) is 0 Å². The summed E-state index contributed by atoms with van der Waals surface area (Å²) >= 11 is 5.82. The Kier molecular flexibility index (Phi) is 3.85. The minimum atomic E-state index is -0.460. The van der Waals surface area contributed by atoms with Crippen molar-refractivity contribution in [2.75, 3.05) is 6.61 Å². The molecule has 0 aliphatic heterocycles. The van der Waals surface area contributed by atoms with Gasteiger partial charge in [0.15, 0.2) is 0 Å². The zero-order chi connectivity index (χ0) is 10.6. The maximum atomic E-state index is 10.6. The Bertz CT molecular complexity index is 341. The van der Waals surface area contributed by atoms with E-state index in [0.29, 0.717) is 23.4 Å². The molecule has 0 spiro atoms. The topological polar surface area (TPSA) is 63.4 Å². The van der Waals surface area contributed by atoms with Gasteiger partial charge in [-0.05, 0) is 18.9 Å². The van der Waals surface area contributed by atoms with E-state index in [9.17, 15) is 10.1 Å². The van der Waals surface area contributed by atoms with Crippen LogP contribution in [0.5, 0.6) is 0 Å². The number of hydrogen-bond acceptors (Lipinski definition) is 3. The van der Waals surface area contributed by atoms with Crippen LogP contribution >= 0.6 is 11.6 Å². The molecule has 0 aliphatic rings. The molecule has 0 fully saturated rings. The molecule has 0 radical (unpaired) electrons. The van der Waals surface area contributed by atoms with Crippen molar-refractivity contribution in [2.24, 2.45) is 0 Å². The average Bonchev–Trinajstić information content (AvgIpc) is 2.15. The van der Waals surface area contributed by atoms with E-state index in [4.69, 9.17) is 16.7 Å². The highest BCUT2D eigenvalue weighted by Gasteiger charge is 2.15. The first-order valence-electron chi connectivity index (χ1n) is 4.19. The Morgan fingerprint density at radius 2 is 2.21 bits per heavy atom. The van der Waals surface area contributed by atoms with Crippen LogP contribution in [-0.4, -0.2) is 16.6 Å². The molecule has 0 saturated carbocycles. The number of rotatable bonds is 4. The van der Waals surface area contributed by atoms with Crippen LogP contribution in [-0.2, 0) is 6.42 Å². The fraction of sp³-hybridized carbons (Fsp3) is 0.333. The number of halogens is 1. The van der Waals surface area contributed by atoms with E-state index in [-0.39, 0.29) is 12.3 Å². The summed E-state index contributed by atoms with van der Waals surface area (Å²) in [6.07, 6.45) is 0.900. The maximum absolute atomic E-state index is 10.6. The van der Waals surface area contributed by atoms with Crippen LogP contribution in [0.25, 0.3) is 0 Å². The average molecular weight is 216 g/mol. The molecule has 1 aromatic rings. The number of aliphatic hydroxyl groups excluding tert-OH is 1. The van der Waals surface area contributed by atoms with Gasteiger partial charge in [0.1, 0.15) is 0 Å². The Morgan fingerprint density at radius 3 is 2.79 bits per heavy atom. The van der Waals surface area contributed by atoms with E-state index >= 15 is 0 Å². The van der Waals surface area contributed by atoms with E-state index in [2.05, 4.69) is 0 Å². The Balaban J connectivity index is 3.02. The maximum Gasteiger partial charge on any atom is 0.274 e. The number of hydrogen-bond donors (Lipinski definition) is 1. The first-order valence-corrected chi connectivity index (χ1v) is 4.57. The van der Waals surface area contributed by atoms with Crippen molar-refractivity contribution in [3.05, 3.63) is 38.9 Å². The largest absolute Gasteiger partial charge is 0.396 e. The fourth-order valence-electron chi connectivity index (χ4n) is 1.22. The Labute approximate surface area is 86.3 Å². The van der Waals surface area contributed by atoms with E-state index in [1.807, 2.05) is 0 Å². The van der Waals surface area contributed by atoms with Gasteiger partial charge < -0.3 is 5.11 Å². The Morgan fingerprint density at radius 1 is 1.50 bits per heavy atom. The monoisotopic (exact) mass is 215 g/mol. The first kappa shape index (κ1) is 10.9. The quantitative estimate of drug-likeness (QED) is 0.619. The normalized spacial score (nSPS) is 10.1. The lowest BCUT2D eigenvalue weighted by molar-refractivity contribution is -0.385. The molecule has 4 nitrogen and oxygen atoms in total. The van der Waals surface area contributed by atoms with Crippen LogP contribution in [0.15, 0.2) is 18.2 Å². The molecule has 0 saturated heterocycles. The minimum absolute atomic E-state index is 0.00236. The molecule has 0 unspecified atom stereocenters. The Hall–Kier alpha value is -1.13. The van der Waals surface area contributed by atoms with Gasteiger partial charge in [0.25, 0.3) is 5.69 Å².